The molecular weight excluding hydrogens is 240 g/mol. The van der Waals surface area contributed by atoms with E-state index < -0.39 is 0 Å². The maximum Gasteiger partial charge on any atom is 0.292 e. The lowest BCUT2D eigenvalue weighted by Crippen LogP contribution is -2.37. The SMILES string of the molecule is CC(C)c1cc(C(=O)N2CC=CCC(C)(C)C2)on1. The third kappa shape index (κ3) is 3.25. The normalized spacial score (nSPS) is 18.7. The molecule has 19 heavy (non-hydrogen) atoms. The van der Waals surface area contributed by atoms with E-state index in [1.165, 1.54) is 0 Å². The molecule has 1 aromatic rings. The van der Waals surface area contributed by atoms with Crippen LogP contribution in [0.4, 0.5) is 0 Å². The molecule has 0 fully saturated rings. The third-order valence-electron chi connectivity index (χ3n) is 3.40. The minimum Gasteiger partial charge on any atom is -0.351 e. The molecule has 2 heterocycles. The van der Waals surface area contributed by atoms with Gasteiger partial charge >= 0.3 is 0 Å². The number of carbonyl (C=O) groups excluding carboxylic acids is 1. The zero-order chi connectivity index (χ0) is 14.0. The summed E-state index contributed by atoms with van der Waals surface area (Å²) >= 11 is 0. The Kier molecular flexibility index (Phi) is 3.78. The summed E-state index contributed by atoms with van der Waals surface area (Å²) in [5.41, 5.74) is 0.928. The van der Waals surface area contributed by atoms with E-state index in [4.69, 9.17) is 4.52 Å². The Morgan fingerprint density at radius 2 is 2.16 bits per heavy atom. The van der Waals surface area contributed by atoms with Gasteiger partial charge in [-0.25, -0.2) is 0 Å². The van der Waals surface area contributed by atoms with Gasteiger partial charge in [-0.3, -0.25) is 4.79 Å². The van der Waals surface area contributed by atoms with Crippen molar-refractivity contribution in [2.45, 2.75) is 40.0 Å². The smallest absolute Gasteiger partial charge is 0.292 e. The highest BCUT2D eigenvalue weighted by Crippen LogP contribution is 2.26. The van der Waals surface area contributed by atoms with Crippen LogP contribution in [0, 0.1) is 5.41 Å². The molecule has 0 unspecified atom stereocenters. The molecule has 104 valence electrons. The molecule has 1 aliphatic rings. The fourth-order valence-corrected chi connectivity index (χ4v) is 2.22. The summed E-state index contributed by atoms with van der Waals surface area (Å²) in [5.74, 6) is 0.541. The second-order valence-electron chi connectivity index (χ2n) is 6.30. The van der Waals surface area contributed by atoms with Crippen LogP contribution >= 0.6 is 0 Å². The van der Waals surface area contributed by atoms with Crippen LogP contribution in [0.5, 0.6) is 0 Å². The molecule has 4 nitrogen and oxygen atoms in total. The lowest BCUT2D eigenvalue weighted by atomic mass is 9.89. The molecule has 0 saturated carbocycles. The minimum atomic E-state index is -0.0703. The predicted octanol–water partition coefficient (Wildman–Crippen LogP) is 3.23. The van der Waals surface area contributed by atoms with Gasteiger partial charge in [0.1, 0.15) is 0 Å². The van der Waals surface area contributed by atoms with Gasteiger partial charge in [-0.15, -0.1) is 0 Å². The molecule has 0 radical (unpaired) electrons. The Bertz CT molecular complexity index is 486. The van der Waals surface area contributed by atoms with E-state index in [2.05, 4.69) is 25.1 Å². The Balaban J connectivity index is 2.16. The number of hydrogen-bond acceptors (Lipinski definition) is 3. The zero-order valence-electron chi connectivity index (χ0n) is 12.1. The number of hydrogen-bond donors (Lipinski definition) is 0. The van der Waals surface area contributed by atoms with Gasteiger partial charge in [-0.05, 0) is 17.8 Å². The number of aromatic nitrogens is 1. The lowest BCUT2D eigenvalue weighted by molar-refractivity contribution is 0.0675. The molecule has 0 spiro atoms. The number of amides is 1. The Hall–Kier alpha value is -1.58. The average Bonchev–Trinajstić information content (AvgIpc) is 2.74. The van der Waals surface area contributed by atoms with Gasteiger partial charge in [0.25, 0.3) is 5.91 Å². The topological polar surface area (TPSA) is 46.3 Å². The second kappa shape index (κ2) is 5.19. The Morgan fingerprint density at radius 1 is 1.42 bits per heavy atom. The van der Waals surface area contributed by atoms with E-state index in [1.54, 1.807) is 6.07 Å². The van der Waals surface area contributed by atoms with E-state index in [0.717, 1.165) is 18.7 Å². The van der Waals surface area contributed by atoms with Crippen LogP contribution in [0.25, 0.3) is 0 Å². The third-order valence-corrected chi connectivity index (χ3v) is 3.40. The molecule has 0 aliphatic carbocycles. The quantitative estimate of drug-likeness (QED) is 0.769. The highest BCUT2D eigenvalue weighted by atomic mass is 16.5. The Labute approximate surface area is 114 Å². The molecule has 1 amide bonds. The van der Waals surface area contributed by atoms with E-state index >= 15 is 0 Å². The summed E-state index contributed by atoms with van der Waals surface area (Å²) in [6.45, 7) is 9.77. The summed E-state index contributed by atoms with van der Waals surface area (Å²) < 4.78 is 5.18. The van der Waals surface area contributed by atoms with Crippen molar-refractivity contribution in [1.29, 1.82) is 0 Å². The Morgan fingerprint density at radius 3 is 2.79 bits per heavy atom. The van der Waals surface area contributed by atoms with Crippen molar-refractivity contribution in [2.75, 3.05) is 13.1 Å². The molecule has 0 bridgehead atoms. The second-order valence-corrected chi connectivity index (χ2v) is 6.30. The van der Waals surface area contributed by atoms with E-state index in [-0.39, 0.29) is 17.2 Å². The first-order valence-corrected chi connectivity index (χ1v) is 6.80. The fraction of sp³-hybridized carbons (Fsp3) is 0.600. The summed E-state index contributed by atoms with van der Waals surface area (Å²) in [5, 5.41) is 3.95. The monoisotopic (exact) mass is 262 g/mol. The maximum atomic E-state index is 12.4. The molecule has 0 aromatic carbocycles. The number of allylic oxidation sites excluding steroid dienone is 1. The zero-order valence-corrected chi connectivity index (χ0v) is 12.1. The van der Waals surface area contributed by atoms with E-state index in [0.29, 0.717) is 12.3 Å². The molecule has 1 aliphatic heterocycles. The van der Waals surface area contributed by atoms with Crippen LogP contribution in [0.15, 0.2) is 22.7 Å². The molecule has 0 saturated heterocycles. The van der Waals surface area contributed by atoms with Gasteiger partial charge in [0.05, 0.1) is 5.69 Å². The maximum absolute atomic E-state index is 12.4. The first-order valence-electron chi connectivity index (χ1n) is 6.80. The number of nitrogens with zero attached hydrogens (tertiary/aromatic N) is 2. The molecule has 2 rings (SSSR count). The summed E-state index contributed by atoms with van der Waals surface area (Å²) in [6, 6.07) is 1.76. The highest BCUT2D eigenvalue weighted by molar-refractivity contribution is 5.91. The van der Waals surface area contributed by atoms with Gasteiger partial charge in [0.15, 0.2) is 0 Å². The molecule has 1 aromatic heterocycles. The van der Waals surface area contributed by atoms with Crippen molar-refractivity contribution in [2.24, 2.45) is 5.41 Å². The van der Waals surface area contributed by atoms with Crippen molar-refractivity contribution in [3.05, 3.63) is 29.7 Å². The molecular formula is C15H22N2O2. The van der Waals surface area contributed by atoms with Gasteiger partial charge in [-0.1, -0.05) is 45.0 Å². The first-order chi connectivity index (χ1) is 8.89. The van der Waals surface area contributed by atoms with Crippen molar-refractivity contribution in [3.63, 3.8) is 0 Å². The van der Waals surface area contributed by atoms with Crippen LogP contribution in [0.2, 0.25) is 0 Å². The molecule has 0 atom stereocenters. The van der Waals surface area contributed by atoms with Gasteiger partial charge < -0.3 is 9.42 Å². The average molecular weight is 262 g/mol. The molecule has 4 heteroatoms. The van der Waals surface area contributed by atoms with E-state index in [9.17, 15) is 4.79 Å². The summed E-state index contributed by atoms with van der Waals surface area (Å²) in [7, 11) is 0. The van der Waals surface area contributed by atoms with Crippen LogP contribution in [0.3, 0.4) is 0 Å². The van der Waals surface area contributed by atoms with Crippen molar-refractivity contribution in [1.82, 2.24) is 10.1 Å². The van der Waals surface area contributed by atoms with Crippen LogP contribution in [0.1, 0.15) is 56.3 Å². The minimum absolute atomic E-state index is 0.0703. The van der Waals surface area contributed by atoms with E-state index in [1.807, 2.05) is 24.8 Å². The number of rotatable bonds is 2. The van der Waals surface area contributed by atoms with Crippen LogP contribution in [-0.2, 0) is 0 Å². The number of carbonyl (C=O) groups is 1. The van der Waals surface area contributed by atoms with Gasteiger partial charge in [0.2, 0.25) is 5.76 Å². The first kappa shape index (κ1) is 13.8. The largest absolute Gasteiger partial charge is 0.351 e. The van der Waals surface area contributed by atoms with Gasteiger partial charge in [0, 0.05) is 19.2 Å². The molecule has 0 N–H and O–H groups in total. The van der Waals surface area contributed by atoms with Crippen molar-refractivity contribution < 1.29 is 9.32 Å². The van der Waals surface area contributed by atoms with Crippen molar-refractivity contribution in [3.8, 4) is 0 Å². The lowest BCUT2D eigenvalue weighted by Gasteiger charge is -2.28. The summed E-state index contributed by atoms with van der Waals surface area (Å²) in [6.07, 6.45) is 5.18. The highest BCUT2D eigenvalue weighted by Gasteiger charge is 2.28. The van der Waals surface area contributed by atoms with Gasteiger partial charge in [-0.2, -0.15) is 0 Å². The van der Waals surface area contributed by atoms with Crippen molar-refractivity contribution >= 4 is 5.91 Å². The standard InChI is InChI=1S/C15H22N2O2/c1-11(2)12-9-13(19-16-12)14(18)17-8-6-5-7-15(3,4)10-17/h5-6,9,11H,7-8,10H2,1-4H3. The van der Waals surface area contributed by atoms with Crippen LogP contribution < -0.4 is 0 Å². The van der Waals surface area contributed by atoms with Crippen LogP contribution in [-0.4, -0.2) is 29.1 Å². The summed E-state index contributed by atoms with van der Waals surface area (Å²) in [4.78, 5) is 14.3. The fourth-order valence-electron chi connectivity index (χ4n) is 2.22. The predicted molar refractivity (Wildman–Crippen MR) is 74.0 cm³/mol.